The highest BCUT2D eigenvalue weighted by Gasteiger charge is 2.17. The average Bonchev–Trinajstić information content (AvgIpc) is 2.45. The van der Waals surface area contributed by atoms with Gasteiger partial charge in [-0.2, -0.15) is 0 Å². The van der Waals surface area contributed by atoms with E-state index in [4.69, 9.17) is 0 Å². The van der Waals surface area contributed by atoms with Crippen LogP contribution >= 0.6 is 0 Å². The largest absolute Gasteiger partial charge is 0.469 e. The molecule has 0 heterocycles. The third kappa shape index (κ3) is 12.4. The smallest absolute Gasteiger partial charge is 0.307 e. The van der Waals surface area contributed by atoms with Crippen LogP contribution in [0.1, 0.15) is 72.1 Å². The first kappa shape index (κ1) is 20.7. The zero-order chi connectivity index (χ0) is 16.8. The topological polar surface area (TPSA) is 55.4 Å². The number of amides is 1. The first-order chi connectivity index (χ1) is 10.5. The number of hydrogen-bond acceptors (Lipinski definition) is 3. The van der Waals surface area contributed by atoms with Crippen molar-refractivity contribution >= 4 is 11.9 Å². The van der Waals surface area contributed by atoms with Crippen molar-refractivity contribution in [3.63, 3.8) is 0 Å². The third-order valence-electron chi connectivity index (χ3n) is 3.46. The molecule has 128 valence electrons. The number of ether oxygens (including phenoxy) is 1. The Labute approximate surface area is 135 Å². The molecular formula is C18H33NO3. The fourth-order valence-corrected chi connectivity index (χ4v) is 2.33. The molecule has 22 heavy (non-hydrogen) atoms. The number of rotatable bonds is 12. The van der Waals surface area contributed by atoms with E-state index in [1.54, 1.807) is 0 Å². The van der Waals surface area contributed by atoms with Crippen LogP contribution in [0.3, 0.4) is 0 Å². The molecule has 0 aromatic rings. The molecule has 1 amide bonds. The van der Waals surface area contributed by atoms with E-state index in [-0.39, 0.29) is 24.3 Å². The molecular weight excluding hydrogens is 278 g/mol. The molecule has 0 bridgehead atoms. The van der Waals surface area contributed by atoms with Gasteiger partial charge in [-0.05, 0) is 25.2 Å². The molecule has 0 radical (unpaired) electrons. The van der Waals surface area contributed by atoms with E-state index < -0.39 is 0 Å². The fraction of sp³-hybridized carbons (Fsp3) is 0.778. The maximum atomic E-state index is 11.9. The Bertz CT molecular complexity index is 337. The Balaban J connectivity index is 4.05. The normalized spacial score (nSPS) is 12.6. The quantitative estimate of drug-likeness (QED) is 0.337. The Morgan fingerprint density at radius 2 is 1.86 bits per heavy atom. The summed E-state index contributed by atoms with van der Waals surface area (Å²) < 4.78 is 4.68. The molecule has 1 atom stereocenters. The van der Waals surface area contributed by atoms with Gasteiger partial charge in [0.25, 0.3) is 0 Å². The number of carbonyl (C=O) groups excluding carboxylic acids is 2. The van der Waals surface area contributed by atoms with Gasteiger partial charge in [0.05, 0.1) is 13.5 Å². The van der Waals surface area contributed by atoms with Crippen LogP contribution in [0.25, 0.3) is 0 Å². The van der Waals surface area contributed by atoms with E-state index in [0.29, 0.717) is 12.3 Å². The Morgan fingerprint density at radius 1 is 1.14 bits per heavy atom. The summed E-state index contributed by atoms with van der Waals surface area (Å²) in [5, 5.41) is 2.93. The predicted octanol–water partition coefficient (Wildman–Crippen LogP) is 4.00. The Kier molecular flexibility index (Phi) is 12.5. The van der Waals surface area contributed by atoms with Gasteiger partial charge in [0.1, 0.15) is 0 Å². The summed E-state index contributed by atoms with van der Waals surface area (Å²) in [6, 6.07) is -0.141. The van der Waals surface area contributed by atoms with Crippen molar-refractivity contribution < 1.29 is 14.3 Å². The Morgan fingerprint density at radius 3 is 2.45 bits per heavy atom. The van der Waals surface area contributed by atoms with Gasteiger partial charge in [-0.1, -0.05) is 52.2 Å². The van der Waals surface area contributed by atoms with Gasteiger partial charge in [-0.15, -0.1) is 0 Å². The van der Waals surface area contributed by atoms with Crippen molar-refractivity contribution in [2.45, 2.75) is 78.2 Å². The molecule has 0 rings (SSSR count). The lowest BCUT2D eigenvalue weighted by Crippen LogP contribution is -2.37. The SMILES string of the molecule is CCCCCC/C=C/CC(=O)N[C@@H](CC(=O)OC)CC(C)C. The van der Waals surface area contributed by atoms with E-state index in [9.17, 15) is 9.59 Å². The third-order valence-corrected chi connectivity index (χ3v) is 3.46. The van der Waals surface area contributed by atoms with Crippen LogP contribution in [-0.2, 0) is 14.3 Å². The molecule has 0 aliphatic rings. The molecule has 4 heteroatoms. The van der Waals surface area contributed by atoms with Crippen LogP contribution in [0.5, 0.6) is 0 Å². The number of unbranched alkanes of at least 4 members (excludes halogenated alkanes) is 4. The number of hydrogen-bond donors (Lipinski definition) is 1. The van der Waals surface area contributed by atoms with Crippen molar-refractivity contribution in [2.75, 3.05) is 7.11 Å². The number of methoxy groups -OCH3 is 1. The van der Waals surface area contributed by atoms with Crippen LogP contribution in [0.4, 0.5) is 0 Å². The van der Waals surface area contributed by atoms with Crippen LogP contribution < -0.4 is 5.32 Å². The van der Waals surface area contributed by atoms with Gasteiger partial charge in [-0.3, -0.25) is 9.59 Å². The van der Waals surface area contributed by atoms with Crippen molar-refractivity contribution in [1.29, 1.82) is 0 Å². The van der Waals surface area contributed by atoms with Gasteiger partial charge >= 0.3 is 5.97 Å². The first-order valence-electron chi connectivity index (χ1n) is 8.50. The van der Waals surface area contributed by atoms with E-state index in [2.05, 4.69) is 36.9 Å². The van der Waals surface area contributed by atoms with E-state index >= 15 is 0 Å². The summed E-state index contributed by atoms with van der Waals surface area (Å²) in [5.41, 5.74) is 0. The van der Waals surface area contributed by atoms with Crippen LogP contribution in [0.15, 0.2) is 12.2 Å². The maximum Gasteiger partial charge on any atom is 0.307 e. The molecule has 0 aromatic heterocycles. The summed E-state index contributed by atoms with van der Waals surface area (Å²) in [5.74, 6) is 0.112. The molecule has 0 spiro atoms. The number of allylic oxidation sites excluding steroid dienone is 1. The average molecular weight is 311 g/mol. The molecule has 0 saturated heterocycles. The van der Waals surface area contributed by atoms with Gasteiger partial charge in [0.15, 0.2) is 0 Å². The summed E-state index contributed by atoms with van der Waals surface area (Å²) in [7, 11) is 1.37. The molecule has 0 saturated carbocycles. The lowest BCUT2D eigenvalue weighted by atomic mass is 10.0. The zero-order valence-electron chi connectivity index (χ0n) is 14.7. The van der Waals surface area contributed by atoms with Gasteiger partial charge in [0.2, 0.25) is 5.91 Å². The highest BCUT2D eigenvalue weighted by Crippen LogP contribution is 2.09. The monoisotopic (exact) mass is 311 g/mol. The molecule has 0 aliphatic carbocycles. The zero-order valence-corrected chi connectivity index (χ0v) is 14.7. The fourth-order valence-electron chi connectivity index (χ4n) is 2.33. The molecule has 0 unspecified atom stereocenters. The second-order valence-electron chi connectivity index (χ2n) is 6.20. The molecule has 1 N–H and O–H groups in total. The number of carbonyl (C=O) groups is 2. The van der Waals surface area contributed by atoms with Crippen molar-refractivity contribution in [1.82, 2.24) is 5.32 Å². The van der Waals surface area contributed by atoms with Gasteiger partial charge in [0, 0.05) is 12.5 Å². The van der Waals surface area contributed by atoms with E-state index in [0.717, 1.165) is 12.8 Å². The second kappa shape index (κ2) is 13.4. The minimum absolute atomic E-state index is 0.0284. The van der Waals surface area contributed by atoms with Gasteiger partial charge in [-0.25, -0.2) is 0 Å². The van der Waals surface area contributed by atoms with E-state index in [1.165, 1.54) is 32.8 Å². The highest BCUT2D eigenvalue weighted by molar-refractivity contribution is 5.78. The summed E-state index contributed by atoms with van der Waals surface area (Å²) in [4.78, 5) is 23.3. The molecule has 0 fully saturated rings. The standard InChI is InChI=1S/C18H33NO3/c1-5-6-7-8-9-10-11-12-17(20)19-16(13-15(2)3)14-18(21)22-4/h10-11,15-16H,5-9,12-14H2,1-4H3,(H,19,20)/b11-10+/t16-/m1/s1. The summed E-state index contributed by atoms with van der Waals surface area (Å²) in [6.07, 6.45) is 11.4. The molecule has 0 aromatic carbocycles. The van der Waals surface area contributed by atoms with E-state index in [1.807, 2.05) is 6.08 Å². The highest BCUT2D eigenvalue weighted by atomic mass is 16.5. The number of nitrogens with one attached hydrogen (secondary N) is 1. The maximum absolute atomic E-state index is 11.9. The summed E-state index contributed by atoms with van der Waals surface area (Å²) in [6.45, 7) is 6.35. The lowest BCUT2D eigenvalue weighted by molar-refractivity contribution is -0.141. The summed E-state index contributed by atoms with van der Waals surface area (Å²) >= 11 is 0. The second-order valence-corrected chi connectivity index (χ2v) is 6.20. The predicted molar refractivity (Wildman–Crippen MR) is 90.5 cm³/mol. The molecule has 0 aliphatic heterocycles. The minimum atomic E-state index is -0.280. The van der Waals surface area contributed by atoms with Crippen molar-refractivity contribution in [2.24, 2.45) is 5.92 Å². The number of esters is 1. The van der Waals surface area contributed by atoms with Crippen molar-refractivity contribution in [3.8, 4) is 0 Å². The molecule has 4 nitrogen and oxygen atoms in total. The lowest BCUT2D eigenvalue weighted by Gasteiger charge is -2.19. The van der Waals surface area contributed by atoms with Gasteiger partial charge < -0.3 is 10.1 Å². The van der Waals surface area contributed by atoms with Crippen molar-refractivity contribution in [3.05, 3.63) is 12.2 Å². The minimum Gasteiger partial charge on any atom is -0.469 e. The van der Waals surface area contributed by atoms with Crippen LogP contribution in [-0.4, -0.2) is 25.0 Å². The Hall–Kier alpha value is -1.32. The van der Waals surface area contributed by atoms with Crippen LogP contribution in [0.2, 0.25) is 0 Å². The van der Waals surface area contributed by atoms with Crippen LogP contribution in [0, 0.1) is 5.92 Å². The first-order valence-corrected chi connectivity index (χ1v) is 8.50.